The zero-order valence-corrected chi connectivity index (χ0v) is 8.56. The number of rotatable bonds is 2. The molecule has 0 heteroatoms. The molecule has 0 unspecified atom stereocenters. The van der Waals surface area contributed by atoms with Crippen molar-refractivity contribution in [2.24, 2.45) is 5.92 Å². The summed E-state index contributed by atoms with van der Waals surface area (Å²) in [6.45, 7) is 2.22. The van der Waals surface area contributed by atoms with Crippen LogP contribution < -0.4 is 0 Å². The van der Waals surface area contributed by atoms with E-state index in [1.165, 1.54) is 12.0 Å². The second kappa shape index (κ2) is 4.28. The van der Waals surface area contributed by atoms with Crippen LogP contribution in [0.4, 0.5) is 0 Å². The molecule has 0 spiro atoms. The molecule has 14 heavy (non-hydrogen) atoms. The molecule has 0 saturated carbocycles. The van der Waals surface area contributed by atoms with E-state index in [1.54, 1.807) is 0 Å². The Labute approximate surface area is 86.0 Å². The molecule has 0 aliphatic heterocycles. The monoisotopic (exact) mass is 184 g/mol. The predicted molar refractivity (Wildman–Crippen MR) is 61.2 cm³/mol. The van der Waals surface area contributed by atoms with Crippen LogP contribution in [0.3, 0.4) is 0 Å². The first-order chi connectivity index (χ1) is 6.90. The predicted octanol–water partition coefficient (Wildman–Crippen LogP) is 3.92. The van der Waals surface area contributed by atoms with Crippen molar-refractivity contribution in [2.45, 2.75) is 19.3 Å². The highest BCUT2D eigenvalue weighted by atomic mass is 14.1. The third-order valence-electron chi connectivity index (χ3n) is 2.79. The summed E-state index contributed by atoms with van der Waals surface area (Å²) in [6.07, 6.45) is 10.5. The highest BCUT2D eigenvalue weighted by Crippen LogP contribution is 2.25. The minimum atomic E-state index is 0.485. The van der Waals surface area contributed by atoms with Crippen LogP contribution in [0.5, 0.6) is 0 Å². The van der Waals surface area contributed by atoms with Gasteiger partial charge in [-0.25, -0.2) is 0 Å². The van der Waals surface area contributed by atoms with E-state index in [4.69, 9.17) is 0 Å². The van der Waals surface area contributed by atoms with Crippen LogP contribution in [0.2, 0.25) is 0 Å². The summed E-state index contributed by atoms with van der Waals surface area (Å²) >= 11 is 0. The van der Waals surface area contributed by atoms with Crippen molar-refractivity contribution in [3.05, 3.63) is 60.2 Å². The van der Waals surface area contributed by atoms with Crippen molar-refractivity contribution in [2.75, 3.05) is 0 Å². The van der Waals surface area contributed by atoms with Crippen molar-refractivity contribution < 1.29 is 0 Å². The first-order valence-corrected chi connectivity index (χ1v) is 5.31. The maximum atomic E-state index is 2.32. The van der Waals surface area contributed by atoms with Crippen LogP contribution in [0.15, 0.2) is 54.6 Å². The van der Waals surface area contributed by atoms with Gasteiger partial charge in [-0.2, -0.15) is 0 Å². The highest BCUT2D eigenvalue weighted by molar-refractivity contribution is 5.31. The number of allylic oxidation sites excluding steroid dienone is 4. The van der Waals surface area contributed by atoms with Gasteiger partial charge in [-0.05, 0) is 17.9 Å². The molecule has 0 N–H and O–H groups in total. The number of hydrogen-bond acceptors (Lipinski definition) is 0. The second-order valence-electron chi connectivity index (χ2n) is 3.78. The minimum Gasteiger partial charge on any atom is -0.0807 e. The van der Waals surface area contributed by atoms with Gasteiger partial charge in [0.1, 0.15) is 0 Å². The normalized spacial score (nSPS) is 25.2. The van der Waals surface area contributed by atoms with Crippen molar-refractivity contribution in [1.29, 1.82) is 0 Å². The van der Waals surface area contributed by atoms with E-state index in [-0.39, 0.29) is 0 Å². The average Bonchev–Trinajstić information content (AvgIpc) is 2.30. The van der Waals surface area contributed by atoms with Gasteiger partial charge in [-0.15, -0.1) is 0 Å². The summed E-state index contributed by atoms with van der Waals surface area (Å²) in [5.74, 6) is 1.13. The maximum Gasteiger partial charge on any atom is 0.0199 e. The lowest BCUT2D eigenvalue weighted by atomic mass is 9.90. The van der Waals surface area contributed by atoms with Gasteiger partial charge in [0.25, 0.3) is 0 Å². The Bertz CT molecular complexity index is 318. The molecule has 1 aromatic carbocycles. The molecule has 0 saturated heterocycles. The first-order valence-electron chi connectivity index (χ1n) is 5.31. The molecule has 1 aliphatic carbocycles. The summed E-state index contributed by atoms with van der Waals surface area (Å²) < 4.78 is 0. The maximum absolute atomic E-state index is 2.32. The molecular formula is C14H16. The summed E-state index contributed by atoms with van der Waals surface area (Å²) in [4.78, 5) is 0. The molecule has 0 heterocycles. The fraction of sp³-hybridized carbons (Fsp3) is 0.286. The first kappa shape index (κ1) is 9.26. The third kappa shape index (κ3) is 1.95. The van der Waals surface area contributed by atoms with Gasteiger partial charge in [0.15, 0.2) is 0 Å². The van der Waals surface area contributed by atoms with Gasteiger partial charge in [0.05, 0.1) is 0 Å². The van der Waals surface area contributed by atoms with Gasteiger partial charge < -0.3 is 0 Å². The van der Waals surface area contributed by atoms with Crippen molar-refractivity contribution in [3.63, 3.8) is 0 Å². The molecule has 1 aromatic rings. The third-order valence-corrected chi connectivity index (χ3v) is 2.79. The van der Waals surface area contributed by atoms with E-state index in [0.717, 1.165) is 0 Å². The molecule has 0 atom stereocenters. The molecule has 0 radical (unpaired) electrons. The lowest BCUT2D eigenvalue weighted by Gasteiger charge is -2.15. The SMILES string of the molecule is CCC1C=CC(c2ccccc2)C=C1. The Hall–Kier alpha value is -1.30. The molecule has 0 amide bonds. The van der Waals surface area contributed by atoms with E-state index in [9.17, 15) is 0 Å². The van der Waals surface area contributed by atoms with E-state index < -0.39 is 0 Å². The Kier molecular flexibility index (Phi) is 2.83. The van der Waals surface area contributed by atoms with Crippen LogP contribution in [-0.4, -0.2) is 0 Å². The molecule has 72 valence electrons. The minimum absolute atomic E-state index is 0.485. The summed E-state index contributed by atoms with van der Waals surface area (Å²) in [7, 11) is 0. The Morgan fingerprint density at radius 1 is 0.929 bits per heavy atom. The number of hydrogen-bond donors (Lipinski definition) is 0. The van der Waals surface area contributed by atoms with Crippen molar-refractivity contribution >= 4 is 0 Å². The van der Waals surface area contributed by atoms with Gasteiger partial charge in [-0.3, -0.25) is 0 Å². The lowest BCUT2D eigenvalue weighted by Crippen LogP contribution is -1.99. The average molecular weight is 184 g/mol. The standard InChI is InChI=1S/C14H16/c1-2-12-8-10-14(11-9-12)13-6-4-3-5-7-13/h3-12,14H,2H2,1H3. The largest absolute Gasteiger partial charge is 0.0807 e. The van der Waals surface area contributed by atoms with Gasteiger partial charge in [-0.1, -0.05) is 61.6 Å². The summed E-state index contributed by atoms with van der Waals surface area (Å²) in [6, 6.07) is 10.6. The Morgan fingerprint density at radius 3 is 2.14 bits per heavy atom. The molecule has 1 aliphatic rings. The van der Waals surface area contributed by atoms with Crippen LogP contribution in [0.25, 0.3) is 0 Å². The van der Waals surface area contributed by atoms with Crippen LogP contribution >= 0.6 is 0 Å². The second-order valence-corrected chi connectivity index (χ2v) is 3.78. The smallest absolute Gasteiger partial charge is 0.0199 e. The van der Waals surface area contributed by atoms with Gasteiger partial charge in [0, 0.05) is 5.92 Å². The van der Waals surface area contributed by atoms with E-state index in [1.807, 2.05) is 0 Å². The molecule has 0 aromatic heterocycles. The zero-order valence-electron chi connectivity index (χ0n) is 8.56. The fourth-order valence-electron chi connectivity index (χ4n) is 1.82. The lowest BCUT2D eigenvalue weighted by molar-refractivity contribution is 0.750. The van der Waals surface area contributed by atoms with Crippen molar-refractivity contribution in [3.8, 4) is 0 Å². The summed E-state index contributed by atoms with van der Waals surface area (Å²) in [5.41, 5.74) is 1.38. The van der Waals surface area contributed by atoms with Crippen LogP contribution in [0, 0.1) is 5.92 Å². The molecule has 0 nitrogen and oxygen atoms in total. The molecule has 2 rings (SSSR count). The van der Waals surface area contributed by atoms with Gasteiger partial charge >= 0.3 is 0 Å². The van der Waals surface area contributed by atoms with Crippen molar-refractivity contribution in [1.82, 2.24) is 0 Å². The molecule has 0 bridgehead atoms. The Balaban J connectivity index is 2.13. The van der Waals surface area contributed by atoms with E-state index in [0.29, 0.717) is 11.8 Å². The van der Waals surface area contributed by atoms with Crippen LogP contribution in [-0.2, 0) is 0 Å². The van der Waals surface area contributed by atoms with Gasteiger partial charge in [0.2, 0.25) is 0 Å². The van der Waals surface area contributed by atoms with Crippen LogP contribution in [0.1, 0.15) is 24.8 Å². The zero-order chi connectivity index (χ0) is 9.80. The number of benzene rings is 1. The van der Waals surface area contributed by atoms with E-state index >= 15 is 0 Å². The molecular weight excluding hydrogens is 168 g/mol. The quantitative estimate of drug-likeness (QED) is 0.611. The molecule has 0 fully saturated rings. The van der Waals surface area contributed by atoms with E-state index in [2.05, 4.69) is 61.6 Å². The summed E-state index contributed by atoms with van der Waals surface area (Å²) in [5, 5.41) is 0. The topological polar surface area (TPSA) is 0 Å². The highest BCUT2D eigenvalue weighted by Gasteiger charge is 2.09. The fourth-order valence-corrected chi connectivity index (χ4v) is 1.82. The Morgan fingerprint density at radius 2 is 1.57 bits per heavy atom.